The Morgan fingerprint density at radius 1 is 0.907 bits per heavy atom. The van der Waals surface area contributed by atoms with Crippen LogP contribution in [-0.2, 0) is 21.7 Å². The van der Waals surface area contributed by atoms with Gasteiger partial charge in [0.1, 0.15) is 6.04 Å². The maximum absolute atomic E-state index is 13.2. The first-order valence-corrected chi connectivity index (χ1v) is 14.0. The zero-order chi connectivity index (χ0) is 30.1. The van der Waals surface area contributed by atoms with Crippen LogP contribution in [0.4, 0.5) is 10.5 Å². The minimum atomic E-state index is -0.746. The normalized spacial score (nSPS) is 16.5. The maximum atomic E-state index is 13.2. The molecule has 1 unspecified atom stereocenters. The van der Waals surface area contributed by atoms with Crippen LogP contribution < -0.4 is 16.0 Å². The Balaban J connectivity index is 1.19. The third kappa shape index (κ3) is 5.59. The van der Waals surface area contributed by atoms with Crippen LogP contribution in [0.5, 0.6) is 0 Å². The molecule has 4 heterocycles. The first-order valence-electron chi connectivity index (χ1n) is 14.0. The molecule has 0 spiro atoms. The minimum Gasteiger partial charge on any atom is -0.329 e. The molecule has 4 aromatic rings. The molecule has 3 N–H and O–H groups in total. The van der Waals surface area contributed by atoms with Crippen molar-refractivity contribution in [3.05, 3.63) is 102 Å². The topological polar surface area (TPSA) is 133 Å². The Morgan fingerprint density at radius 2 is 1.60 bits per heavy atom. The fourth-order valence-corrected chi connectivity index (χ4v) is 5.64. The third-order valence-electron chi connectivity index (χ3n) is 7.89. The summed E-state index contributed by atoms with van der Waals surface area (Å²) in [7, 11) is 0. The molecular formula is C33H30N6O4. The number of carbonyl (C=O) groups excluding carboxylic acids is 4. The summed E-state index contributed by atoms with van der Waals surface area (Å²) in [5.41, 5.74) is 5.75. The van der Waals surface area contributed by atoms with Crippen LogP contribution in [0.2, 0.25) is 0 Å². The number of carbonyl (C=O) groups is 4. The molecule has 10 heteroatoms. The fraction of sp³-hybridized carbons (Fsp3) is 0.212. The summed E-state index contributed by atoms with van der Waals surface area (Å²) in [5.74, 6) is -1.05. The molecule has 43 heavy (non-hydrogen) atoms. The van der Waals surface area contributed by atoms with Crippen molar-refractivity contribution in [2.75, 3.05) is 5.32 Å². The summed E-state index contributed by atoms with van der Waals surface area (Å²) in [6.45, 7) is 4.08. The van der Waals surface area contributed by atoms with Gasteiger partial charge in [-0.3, -0.25) is 29.7 Å². The minimum absolute atomic E-state index is 0.190. The highest BCUT2D eigenvalue weighted by Crippen LogP contribution is 2.35. The number of hydrogen-bond acceptors (Lipinski definition) is 6. The number of anilines is 1. The van der Waals surface area contributed by atoms with Gasteiger partial charge in [-0.2, -0.15) is 0 Å². The molecule has 0 saturated carbocycles. The number of urea groups is 1. The molecule has 2 aromatic carbocycles. The van der Waals surface area contributed by atoms with Crippen molar-refractivity contribution in [3.8, 4) is 22.3 Å². The van der Waals surface area contributed by atoms with Gasteiger partial charge in [0.2, 0.25) is 11.8 Å². The first kappa shape index (κ1) is 27.8. The van der Waals surface area contributed by atoms with E-state index in [9.17, 15) is 19.2 Å². The van der Waals surface area contributed by atoms with Gasteiger partial charge in [-0.25, -0.2) is 4.79 Å². The fourth-order valence-electron chi connectivity index (χ4n) is 5.64. The molecule has 0 aliphatic carbocycles. The van der Waals surface area contributed by atoms with Crippen molar-refractivity contribution in [1.29, 1.82) is 0 Å². The lowest BCUT2D eigenvalue weighted by atomic mass is 9.87. The highest BCUT2D eigenvalue weighted by atomic mass is 16.2. The molecule has 1 saturated heterocycles. The second-order valence-corrected chi connectivity index (χ2v) is 11.2. The Morgan fingerprint density at radius 3 is 2.28 bits per heavy atom. The van der Waals surface area contributed by atoms with Crippen molar-refractivity contribution in [3.63, 3.8) is 0 Å². The number of hydrogen-bond donors (Lipinski definition) is 3. The molecule has 6 rings (SSSR count). The quantitative estimate of drug-likeness (QED) is 0.288. The monoisotopic (exact) mass is 574 g/mol. The lowest BCUT2D eigenvalue weighted by Gasteiger charge is -2.29. The van der Waals surface area contributed by atoms with E-state index in [1.165, 1.54) is 4.90 Å². The van der Waals surface area contributed by atoms with E-state index in [0.717, 1.165) is 27.8 Å². The molecule has 0 bridgehead atoms. The summed E-state index contributed by atoms with van der Waals surface area (Å²) in [6.07, 6.45) is 7.58. The van der Waals surface area contributed by atoms with Crippen LogP contribution in [0.3, 0.4) is 0 Å². The number of amides is 5. The summed E-state index contributed by atoms with van der Waals surface area (Å²) in [5, 5.41) is 8.26. The highest BCUT2D eigenvalue weighted by Gasteiger charge is 2.39. The van der Waals surface area contributed by atoms with Gasteiger partial charge in [-0.05, 0) is 78.9 Å². The van der Waals surface area contributed by atoms with Crippen LogP contribution in [0, 0.1) is 0 Å². The molecule has 5 amide bonds. The Hall–Kier alpha value is -5.38. The van der Waals surface area contributed by atoms with E-state index in [2.05, 4.69) is 32.0 Å². The van der Waals surface area contributed by atoms with Gasteiger partial charge in [0.05, 0.1) is 5.54 Å². The summed E-state index contributed by atoms with van der Waals surface area (Å²) in [6, 6.07) is 17.8. The van der Waals surface area contributed by atoms with Crippen LogP contribution in [-0.4, -0.2) is 44.7 Å². The van der Waals surface area contributed by atoms with Crippen LogP contribution in [0.1, 0.15) is 48.2 Å². The number of nitrogens with one attached hydrogen (secondary N) is 3. The number of aromatic nitrogens is 2. The van der Waals surface area contributed by atoms with Crippen molar-refractivity contribution in [1.82, 2.24) is 25.5 Å². The van der Waals surface area contributed by atoms with Gasteiger partial charge in [0, 0.05) is 60.1 Å². The Labute approximate surface area is 248 Å². The highest BCUT2D eigenvalue weighted by molar-refractivity contribution is 6.05. The van der Waals surface area contributed by atoms with Crippen molar-refractivity contribution in [2.45, 2.75) is 44.8 Å². The molecule has 1 atom stereocenters. The van der Waals surface area contributed by atoms with Crippen LogP contribution >= 0.6 is 0 Å². The van der Waals surface area contributed by atoms with E-state index in [1.807, 2.05) is 62.6 Å². The zero-order valence-electron chi connectivity index (χ0n) is 23.8. The smallest absolute Gasteiger partial charge is 0.319 e. The lowest BCUT2D eigenvalue weighted by Crippen LogP contribution is -2.52. The predicted octanol–water partition coefficient (Wildman–Crippen LogP) is 4.63. The van der Waals surface area contributed by atoms with Gasteiger partial charge < -0.3 is 15.5 Å². The van der Waals surface area contributed by atoms with E-state index < -0.39 is 23.5 Å². The van der Waals surface area contributed by atoms with Gasteiger partial charge in [-0.15, -0.1) is 0 Å². The second kappa shape index (κ2) is 11.1. The van der Waals surface area contributed by atoms with Gasteiger partial charge in [0.15, 0.2) is 0 Å². The van der Waals surface area contributed by atoms with E-state index in [4.69, 9.17) is 0 Å². The number of nitrogens with zero attached hydrogens (tertiary/aromatic N) is 3. The van der Waals surface area contributed by atoms with Crippen molar-refractivity contribution in [2.24, 2.45) is 0 Å². The third-order valence-corrected chi connectivity index (χ3v) is 7.89. The number of rotatable bonds is 6. The van der Waals surface area contributed by atoms with E-state index in [1.54, 1.807) is 30.6 Å². The number of piperidine rings is 1. The van der Waals surface area contributed by atoms with E-state index in [0.29, 0.717) is 23.2 Å². The Kier molecular flexibility index (Phi) is 7.19. The molecule has 2 aliphatic rings. The largest absolute Gasteiger partial charge is 0.329 e. The van der Waals surface area contributed by atoms with Gasteiger partial charge >= 0.3 is 6.03 Å². The van der Waals surface area contributed by atoms with Crippen LogP contribution in [0.25, 0.3) is 22.3 Å². The lowest BCUT2D eigenvalue weighted by molar-refractivity contribution is -0.136. The number of imide groups is 1. The standard InChI is InChI=1S/C33H30N6O4/c1-33(2,23-7-9-25(20-5-3-13-34-17-20)27(16-23)21-6-4-14-35-18-21)38-32(43)36-24-8-10-26-22(15-24)19-39(31(26)42)28-11-12-29(40)37-30(28)41/h3-10,13-18,28H,11-12,19H2,1-2H3,(H2,36,38,43)(H,37,40,41). The summed E-state index contributed by atoms with van der Waals surface area (Å²) >= 11 is 0. The molecular weight excluding hydrogens is 544 g/mol. The molecule has 2 aromatic heterocycles. The number of pyridine rings is 2. The molecule has 2 aliphatic heterocycles. The van der Waals surface area contributed by atoms with Crippen molar-refractivity contribution >= 4 is 29.4 Å². The number of fused-ring (bicyclic) bond motifs is 1. The molecule has 0 radical (unpaired) electrons. The average Bonchev–Trinajstić information content (AvgIpc) is 3.32. The molecule has 10 nitrogen and oxygen atoms in total. The predicted molar refractivity (Wildman–Crippen MR) is 161 cm³/mol. The SMILES string of the molecule is CC(C)(NC(=O)Nc1ccc2c(c1)CN(C1CCC(=O)NC1=O)C2=O)c1ccc(-c2cccnc2)c(-c2cccnc2)c1. The van der Waals surface area contributed by atoms with Crippen LogP contribution in [0.15, 0.2) is 85.5 Å². The van der Waals surface area contributed by atoms with Crippen molar-refractivity contribution < 1.29 is 19.2 Å². The Bertz CT molecular complexity index is 1740. The molecule has 216 valence electrons. The summed E-state index contributed by atoms with van der Waals surface area (Å²) < 4.78 is 0. The first-order chi connectivity index (χ1) is 20.7. The summed E-state index contributed by atoms with van der Waals surface area (Å²) in [4.78, 5) is 60.1. The van der Waals surface area contributed by atoms with E-state index >= 15 is 0 Å². The zero-order valence-corrected chi connectivity index (χ0v) is 23.8. The van der Waals surface area contributed by atoms with Gasteiger partial charge in [-0.1, -0.05) is 24.3 Å². The molecule has 1 fully saturated rings. The maximum Gasteiger partial charge on any atom is 0.319 e. The van der Waals surface area contributed by atoms with Gasteiger partial charge in [0.25, 0.3) is 5.91 Å². The average molecular weight is 575 g/mol. The van der Waals surface area contributed by atoms with E-state index in [-0.39, 0.29) is 24.8 Å². The number of benzene rings is 2. The second-order valence-electron chi connectivity index (χ2n) is 11.2.